The second-order valence-electron chi connectivity index (χ2n) is 12.6. The second-order valence-corrected chi connectivity index (χ2v) is 15.8. The standard InChI is InChI=1S/C42H38Cl2N4O5S2/c1-3-35(40(51)47-41-37(42(52)53-2)30-20-21-48(25-36(30)55-41)24-26-12-6-4-7-13-26)54-29-17-10-16-28(22-29)45-39(50)34(23-31-32(43)18-11-19-33(31)44)46-38(49)27-14-8-5-9-15-27/h4-19,22-23,35H,3,20-21,24-25H2,1-2H3,(H,45,50)(H,46,49)(H,47,51)/b34-23+. The highest BCUT2D eigenvalue weighted by Gasteiger charge is 2.31. The Morgan fingerprint density at radius 2 is 1.60 bits per heavy atom. The van der Waals surface area contributed by atoms with E-state index in [4.69, 9.17) is 27.9 Å². The van der Waals surface area contributed by atoms with Gasteiger partial charge in [0.1, 0.15) is 10.7 Å². The zero-order valence-corrected chi connectivity index (χ0v) is 33.2. The van der Waals surface area contributed by atoms with Crippen LogP contribution in [0.15, 0.2) is 114 Å². The maximum atomic E-state index is 13.8. The molecule has 0 bridgehead atoms. The zero-order valence-electron chi connectivity index (χ0n) is 30.1. The molecule has 0 saturated heterocycles. The summed E-state index contributed by atoms with van der Waals surface area (Å²) in [6.07, 6.45) is 2.60. The molecule has 9 nitrogen and oxygen atoms in total. The smallest absolute Gasteiger partial charge is 0.341 e. The van der Waals surface area contributed by atoms with E-state index in [1.807, 2.05) is 31.2 Å². The van der Waals surface area contributed by atoms with Crippen LogP contribution in [0, 0.1) is 0 Å². The quantitative estimate of drug-likeness (QED) is 0.0617. The highest BCUT2D eigenvalue weighted by Crippen LogP contribution is 2.39. The van der Waals surface area contributed by atoms with Crippen molar-refractivity contribution in [3.8, 4) is 0 Å². The normalized spacial score (nSPS) is 13.3. The van der Waals surface area contributed by atoms with Crippen LogP contribution in [0.25, 0.3) is 6.08 Å². The van der Waals surface area contributed by atoms with Crippen molar-refractivity contribution in [3.05, 3.63) is 152 Å². The number of esters is 1. The zero-order chi connectivity index (χ0) is 38.9. The Bertz CT molecular complexity index is 2210. The van der Waals surface area contributed by atoms with Crippen molar-refractivity contribution < 1.29 is 23.9 Å². The summed E-state index contributed by atoms with van der Waals surface area (Å²) in [7, 11) is 1.35. The third kappa shape index (κ3) is 10.0. The summed E-state index contributed by atoms with van der Waals surface area (Å²) in [5, 5.41) is 9.18. The Balaban J connectivity index is 1.17. The molecule has 1 aromatic heterocycles. The molecule has 0 saturated carbocycles. The van der Waals surface area contributed by atoms with Crippen molar-refractivity contribution in [1.29, 1.82) is 0 Å². The molecule has 1 atom stereocenters. The van der Waals surface area contributed by atoms with E-state index in [0.717, 1.165) is 28.4 Å². The maximum absolute atomic E-state index is 13.8. The van der Waals surface area contributed by atoms with Crippen LogP contribution in [0.2, 0.25) is 10.0 Å². The fraction of sp³-hybridized carbons (Fsp3) is 0.190. The molecule has 5 aromatic rings. The first-order valence-electron chi connectivity index (χ1n) is 17.5. The summed E-state index contributed by atoms with van der Waals surface area (Å²) in [4.78, 5) is 57.8. The number of anilines is 2. The first-order chi connectivity index (χ1) is 26.6. The molecule has 0 radical (unpaired) electrons. The van der Waals surface area contributed by atoms with Gasteiger partial charge in [-0.25, -0.2) is 4.79 Å². The molecule has 4 aromatic carbocycles. The van der Waals surface area contributed by atoms with Crippen molar-refractivity contribution in [3.63, 3.8) is 0 Å². The Morgan fingerprint density at radius 1 is 0.909 bits per heavy atom. The molecular weight excluding hydrogens is 776 g/mol. The van der Waals surface area contributed by atoms with E-state index in [0.29, 0.717) is 56.8 Å². The van der Waals surface area contributed by atoms with Gasteiger partial charge in [0.25, 0.3) is 11.8 Å². The van der Waals surface area contributed by atoms with Gasteiger partial charge < -0.3 is 20.7 Å². The molecule has 3 N–H and O–H groups in total. The minimum atomic E-state index is -0.605. The van der Waals surface area contributed by atoms with Gasteiger partial charge in [-0.1, -0.05) is 90.8 Å². The molecule has 13 heteroatoms. The lowest BCUT2D eigenvalue weighted by atomic mass is 10.0. The van der Waals surface area contributed by atoms with Gasteiger partial charge in [0, 0.05) is 56.3 Å². The molecule has 3 amide bonds. The maximum Gasteiger partial charge on any atom is 0.341 e. The number of rotatable bonds is 13. The molecule has 6 rings (SSSR count). The van der Waals surface area contributed by atoms with Crippen molar-refractivity contribution >= 4 is 86.8 Å². The van der Waals surface area contributed by atoms with E-state index in [-0.39, 0.29) is 11.6 Å². The van der Waals surface area contributed by atoms with E-state index in [1.165, 1.54) is 41.8 Å². The SMILES string of the molecule is CCC(Sc1cccc(NC(=O)/C(=C\c2c(Cl)cccc2Cl)NC(=O)c2ccccc2)c1)C(=O)Nc1sc2c(c1C(=O)OC)CCN(Cc1ccccc1)C2. The molecule has 0 fully saturated rings. The van der Waals surface area contributed by atoms with E-state index in [9.17, 15) is 19.2 Å². The Morgan fingerprint density at radius 3 is 2.29 bits per heavy atom. The van der Waals surface area contributed by atoms with Gasteiger partial charge in [-0.3, -0.25) is 19.3 Å². The monoisotopic (exact) mass is 812 g/mol. The first-order valence-corrected chi connectivity index (χ1v) is 20.0. The fourth-order valence-electron chi connectivity index (χ4n) is 6.10. The molecule has 1 unspecified atom stereocenters. The number of carbonyl (C=O) groups excluding carboxylic acids is 4. The molecule has 1 aliphatic rings. The highest BCUT2D eigenvalue weighted by atomic mass is 35.5. The number of methoxy groups -OCH3 is 1. The van der Waals surface area contributed by atoms with Crippen molar-refractivity contribution in [2.24, 2.45) is 0 Å². The number of amides is 3. The summed E-state index contributed by atoms with van der Waals surface area (Å²) < 4.78 is 5.16. The van der Waals surface area contributed by atoms with Crippen molar-refractivity contribution in [2.75, 3.05) is 24.3 Å². The fourth-order valence-corrected chi connectivity index (χ4v) is 8.90. The number of carbonyl (C=O) groups is 4. The lowest BCUT2D eigenvalue weighted by Crippen LogP contribution is -2.30. The number of hydrogen-bond acceptors (Lipinski definition) is 8. The topological polar surface area (TPSA) is 117 Å². The largest absolute Gasteiger partial charge is 0.465 e. The molecule has 1 aliphatic heterocycles. The van der Waals surface area contributed by atoms with E-state index in [2.05, 4.69) is 33.0 Å². The van der Waals surface area contributed by atoms with Crippen LogP contribution in [-0.4, -0.2) is 47.5 Å². The highest BCUT2D eigenvalue weighted by molar-refractivity contribution is 8.00. The van der Waals surface area contributed by atoms with Crippen LogP contribution in [-0.2, 0) is 33.8 Å². The van der Waals surface area contributed by atoms with Crippen molar-refractivity contribution in [1.82, 2.24) is 10.2 Å². The Labute approximate surface area is 338 Å². The molecule has 0 spiro atoms. The minimum Gasteiger partial charge on any atom is -0.465 e. The van der Waals surface area contributed by atoms with Crippen LogP contribution in [0.1, 0.15) is 55.6 Å². The summed E-state index contributed by atoms with van der Waals surface area (Å²) in [6, 6.07) is 30.8. The van der Waals surface area contributed by atoms with Crippen LogP contribution < -0.4 is 16.0 Å². The number of fused-ring (bicyclic) bond motifs is 1. The number of halogens is 2. The number of thioether (sulfide) groups is 1. The first kappa shape index (κ1) is 39.8. The summed E-state index contributed by atoms with van der Waals surface area (Å²) in [5.41, 5.74) is 3.65. The number of hydrogen-bond donors (Lipinski definition) is 3. The van der Waals surface area contributed by atoms with Gasteiger partial charge in [0.05, 0.1) is 17.9 Å². The lowest BCUT2D eigenvalue weighted by molar-refractivity contribution is -0.116. The van der Waals surface area contributed by atoms with Gasteiger partial charge >= 0.3 is 5.97 Å². The third-order valence-corrected chi connectivity index (χ3v) is 12.0. The number of thiophene rings is 1. The van der Waals surface area contributed by atoms with Crippen LogP contribution in [0.3, 0.4) is 0 Å². The molecule has 55 heavy (non-hydrogen) atoms. The van der Waals surface area contributed by atoms with Crippen LogP contribution >= 0.6 is 46.3 Å². The third-order valence-electron chi connectivity index (χ3n) is 8.86. The predicted molar refractivity (Wildman–Crippen MR) is 222 cm³/mol. The van der Waals surface area contributed by atoms with Gasteiger partial charge in [0.2, 0.25) is 5.91 Å². The minimum absolute atomic E-state index is 0.0732. The Kier molecular flexibility index (Phi) is 13.5. The van der Waals surface area contributed by atoms with E-state index < -0.39 is 23.0 Å². The van der Waals surface area contributed by atoms with E-state index >= 15 is 0 Å². The molecule has 0 aliphatic carbocycles. The molecule has 2 heterocycles. The van der Waals surface area contributed by atoms with Gasteiger partial charge in [0.15, 0.2) is 0 Å². The van der Waals surface area contributed by atoms with Gasteiger partial charge in [-0.2, -0.15) is 0 Å². The summed E-state index contributed by atoms with van der Waals surface area (Å²) in [5.74, 6) is -1.82. The van der Waals surface area contributed by atoms with Crippen LogP contribution in [0.5, 0.6) is 0 Å². The average Bonchev–Trinajstić information content (AvgIpc) is 3.55. The lowest BCUT2D eigenvalue weighted by Gasteiger charge is -2.27. The second kappa shape index (κ2) is 18.6. The number of nitrogens with zero attached hydrogens (tertiary/aromatic N) is 1. The number of nitrogens with one attached hydrogen (secondary N) is 3. The number of ether oxygens (including phenoxy) is 1. The number of benzene rings is 4. The van der Waals surface area contributed by atoms with Crippen LogP contribution in [0.4, 0.5) is 10.7 Å². The molecular formula is C42H38Cl2N4O5S2. The predicted octanol–water partition coefficient (Wildman–Crippen LogP) is 9.32. The van der Waals surface area contributed by atoms with Gasteiger partial charge in [-0.05, 0) is 72.5 Å². The van der Waals surface area contributed by atoms with E-state index in [1.54, 1.807) is 66.7 Å². The summed E-state index contributed by atoms with van der Waals surface area (Å²) >= 11 is 15.6. The summed E-state index contributed by atoms with van der Waals surface area (Å²) in [6.45, 7) is 4.15. The average molecular weight is 814 g/mol. The Hall–Kier alpha value is -4.91. The van der Waals surface area contributed by atoms with Gasteiger partial charge in [-0.15, -0.1) is 23.1 Å². The van der Waals surface area contributed by atoms with Crippen molar-refractivity contribution in [2.45, 2.75) is 43.0 Å². The molecule has 282 valence electrons.